The summed E-state index contributed by atoms with van der Waals surface area (Å²) in [5.74, 6) is -0.840. The van der Waals surface area contributed by atoms with Gasteiger partial charge in [0.25, 0.3) is 5.91 Å². The van der Waals surface area contributed by atoms with Crippen molar-refractivity contribution in [1.82, 2.24) is 24.5 Å². The number of amides is 2. The summed E-state index contributed by atoms with van der Waals surface area (Å²) in [5.41, 5.74) is 5.56. The monoisotopic (exact) mass is 540 g/mol. The molecule has 0 bridgehead atoms. The summed E-state index contributed by atoms with van der Waals surface area (Å²) in [4.78, 5) is 26.5. The Kier molecular flexibility index (Phi) is 6.90. The number of alkyl halides is 3. The predicted molar refractivity (Wildman–Crippen MR) is 133 cm³/mol. The van der Waals surface area contributed by atoms with Crippen LogP contribution in [0.4, 0.5) is 19.0 Å². The second-order valence-corrected chi connectivity index (χ2v) is 10.1. The molecule has 3 aromatic rings. The number of piperidine rings is 1. The van der Waals surface area contributed by atoms with Gasteiger partial charge in [-0.05, 0) is 49.4 Å². The summed E-state index contributed by atoms with van der Waals surface area (Å²) in [5, 5.41) is 20.4. The first-order valence-corrected chi connectivity index (χ1v) is 12.6. The lowest BCUT2D eigenvalue weighted by Crippen LogP contribution is -2.46. The Hall–Kier alpha value is -4.18. The van der Waals surface area contributed by atoms with E-state index in [1.165, 1.54) is 17.1 Å². The number of hydrogen-bond acceptors (Lipinski definition) is 6. The Morgan fingerprint density at radius 1 is 1.13 bits per heavy atom. The van der Waals surface area contributed by atoms with Crippen LogP contribution in [0, 0.1) is 17.2 Å². The van der Waals surface area contributed by atoms with Gasteiger partial charge in [0.2, 0.25) is 5.91 Å². The standard InChI is InChI=1S/C26H27F3N8O2/c27-26(28,29)21-7-12-36(33-21)19-5-1-17(2-6-19)15-35-13-9-25(8-11-30,10-14-35)37-16-20(22(31)38)23(34-37)32-24(39)18-3-4-18/h1-2,5-7,12,16,18H,3-4,8-10,13-15H2,(H2,31,38)(H,32,34,39). The van der Waals surface area contributed by atoms with Crippen molar-refractivity contribution < 1.29 is 22.8 Å². The molecule has 204 valence electrons. The highest BCUT2D eigenvalue weighted by Crippen LogP contribution is 2.36. The SMILES string of the molecule is N#CCC1(n2cc(C(N)=O)c(NC(=O)C3CC3)n2)CCN(Cc2ccc(-n3ccc(C(F)(F)F)n3)cc2)CC1. The lowest BCUT2D eigenvalue weighted by molar-refractivity contribution is -0.141. The maximum Gasteiger partial charge on any atom is 0.435 e. The second kappa shape index (κ2) is 10.2. The zero-order chi connectivity index (χ0) is 27.8. The van der Waals surface area contributed by atoms with Gasteiger partial charge >= 0.3 is 6.18 Å². The molecule has 2 amide bonds. The van der Waals surface area contributed by atoms with Crippen LogP contribution < -0.4 is 11.1 Å². The molecular weight excluding hydrogens is 513 g/mol. The lowest BCUT2D eigenvalue weighted by atomic mass is 9.84. The van der Waals surface area contributed by atoms with E-state index in [0.29, 0.717) is 38.2 Å². The number of rotatable bonds is 8. The first-order chi connectivity index (χ1) is 18.6. The van der Waals surface area contributed by atoms with Crippen molar-refractivity contribution in [2.24, 2.45) is 11.7 Å². The zero-order valence-corrected chi connectivity index (χ0v) is 21.0. The van der Waals surface area contributed by atoms with E-state index in [0.717, 1.165) is 24.5 Å². The molecule has 10 nitrogen and oxygen atoms in total. The van der Waals surface area contributed by atoms with Gasteiger partial charge in [0.15, 0.2) is 11.5 Å². The molecule has 1 aromatic carbocycles. The minimum absolute atomic E-state index is 0.0712. The number of carbonyl (C=O) groups excluding carboxylic acids is 2. The van der Waals surface area contributed by atoms with E-state index < -0.39 is 23.3 Å². The number of hydrogen-bond donors (Lipinski definition) is 2. The molecule has 1 aliphatic carbocycles. The van der Waals surface area contributed by atoms with Crippen LogP contribution in [0.1, 0.15) is 53.7 Å². The van der Waals surface area contributed by atoms with Gasteiger partial charge in [-0.1, -0.05) is 12.1 Å². The van der Waals surface area contributed by atoms with E-state index in [-0.39, 0.29) is 29.6 Å². The van der Waals surface area contributed by atoms with Gasteiger partial charge in [-0.25, -0.2) is 4.68 Å². The summed E-state index contributed by atoms with van der Waals surface area (Å²) in [7, 11) is 0. The predicted octanol–water partition coefficient (Wildman–Crippen LogP) is 3.44. The van der Waals surface area contributed by atoms with Crippen LogP contribution in [-0.2, 0) is 23.1 Å². The number of anilines is 1. The number of aromatic nitrogens is 4. The molecule has 3 N–H and O–H groups in total. The average molecular weight is 541 g/mol. The average Bonchev–Trinajstić information content (AvgIpc) is 3.46. The van der Waals surface area contributed by atoms with Crippen molar-refractivity contribution in [2.45, 2.75) is 50.4 Å². The Labute approximate surface area is 222 Å². The van der Waals surface area contributed by atoms with Crippen LogP contribution in [0.5, 0.6) is 0 Å². The molecule has 1 saturated carbocycles. The number of nitrogens with one attached hydrogen (secondary N) is 1. The summed E-state index contributed by atoms with van der Waals surface area (Å²) < 4.78 is 41.4. The summed E-state index contributed by atoms with van der Waals surface area (Å²) in [6.45, 7) is 1.91. The number of halogens is 3. The molecule has 2 fully saturated rings. The lowest BCUT2D eigenvalue weighted by Gasteiger charge is -2.40. The minimum atomic E-state index is -4.50. The molecule has 0 radical (unpaired) electrons. The van der Waals surface area contributed by atoms with E-state index in [2.05, 4.69) is 26.5 Å². The number of carbonyl (C=O) groups is 2. The second-order valence-electron chi connectivity index (χ2n) is 10.1. The van der Waals surface area contributed by atoms with Gasteiger partial charge in [0.1, 0.15) is 5.56 Å². The summed E-state index contributed by atoms with van der Waals surface area (Å²) >= 11 is 0. The highest BCUT2D eigenvalue weighted by Gasteiger charge is 2.39. The molecule has 1 aliphatic heterocycles. The first-order valence-electron chi connectivity index (χ1n) is 12.6. The molecule has 13 heteroatoms. The van der Waals surface area contributed by atoms with Gasteiger partial charge in [0.05, 0.1) is 23.7 Å². The molecular formula is C26H27F3N8O2. The number of nitrogens with zero attached hydrogens (tertiary/aromatic N) is 6. The van der Waals surface area contributed by atoms with Crippen LogP contribution in [-0.4, -0.2) is 49.4 Å². The molecule has 0 atom stereocenters. The highest BCUT2D eigenvalue weighted by atomic mass is 19.4. The number of primary amides is 1. The van der Waals surface area contributed by atoms with Gasteiger partial charge in [0, 0.05) is 37.9 Å². The third kappa shape index (κ3) is 5.65. The molecule has 1 saturated heterocycles. The maximum absolute atomic E-state index is 12.8. The van der Waals surface area contributed by atoms with Crippen LogP contribution >= 0.6 is 0 Å². The Bertz CT molecular complexity index is 1410. The van der Waals surface area contributed by atoms with E-state index in [1.54, 1.807) is 16.8 Å². The van der Waals surface area contributed by atoms with Crippen molar-refractivity contribution in [2.75, 3.05) is 18.4 Å². The molecule has 0 spiro atoms. The molecule has 2 aromatic heterocycles. The fourth-order valence-electron chi connectivity index (χ4n) is 4.85. The van der Waals surface area contributed by atoms with Gasteiger partial charge < -0.3 is 11.1 Å². The van der Waals surface area contributed by atoms with Crippen molar-refractivity contribution in [3.05, 3.63) is 59.5 Å². The van der Waals surface area contributed by atoms with Gasteiger partial charge in [-0.3, -0.25) is 19.2 Å². The van der Waals surface area contributed by atoms with Crippen LogP contribution in [0.3, 0.4) is 0 Å². The molecule has 3 heterocycles. The van der Waals surface area contributed by atoms with Crippen molar-refractivity contribution in [3.63, 3.8) is 0 Å². The topological polar surface area (TPSA) is 135 Å². The van der Waals surface area contributed by atoms with Crippen molar-refractivity contribution >= 4 is 17.6 Å². The smallest absolute Gasteiger partial charge is 0.365 e. The molecule has 2 aliphatic rings. The Balaban J connectivity index is 1.26. The number of likely N-dealkylation sites (tertiary alicyclic amines) is 1. The normalized spacial score (nSPS) is 17.5. The fourth-order valence-corrected chi connectivity index (χ4v) is 4.85. The Morgan fingerprint density at radius 3 is 2.38 bits per heavy atom. The van der Waals surface area contributed by atoms with E-state index in [4.69, 9.17) is 5.73 Å². The number of nitriles is 1. The van der Waals surface area contributed by atoms with Crippen LogP contribution in [0.25, 0.3) is 5.69 Å². The largest absolute Gasteiger partial charge is 0.435 e. The first kappa shape index (κ1) is 26.4. The number of nitrogens with two attached hydrogens (primary N) is 1. The van der Waals surface area contributed by atoms with E-state index in [1.807, 2.05) is 12.1 Å². The third-order valence-electron chi connectivity index (χ3n) is 7.34. The minimum Gasteiger partial charge on any atom is -0.365 e. The quantitative estimate of drug-likeness (QED) is 0.450. The maximum atomic E-state index is 12.8. The van der Waals surface area contributed by atoms with Crippen LogP contribution in [0.15, 0.2) is 42.7 Å². The summed E-state index contributed by atoms with van der Waals surface area (Å²) in [6, 6.07) is 10.3. The third-order valence-corrected chi connectivity index (χ3v) is 7.34. The Morgan fingerprint density at radius 2 is 1.82 bits per heavy atom. The highest BCUT2D eigenvalue weighted by molar-refractivity contribution is 6.02. The zero-order valence-electron chi connectivity index (χ0n) is 21.0. The number of benzene rings is 1. The molecule has 39 heavy (non-hydrogen) atoms. The van der Waals surface area contributed by atoms with E-state index >= 15 is 0 Å². The van der Waals surface area contributed by atoms with Crippen molar-refractivity contribution in [1.29, 1.82) is 5.26 Å². The molecule has 5 rings (SSSR count). The fraction of sp³-hybridized carbons (Fsp3) is 0.423. The van der Waals surface area contributed by atoms with Crippen molar-refractivity contribution in [3.8, 4) is 11.8 Å². The van der Waals surface area contributed by atoms with Gasteiger partial charge in [-0.15, -0.1) is 0 Å². The van der Waals surface area contributed by atoms with E-state index in [9.17, 15) is 28.0 Å². The van der Waals surface area contributed by atoms with Gasteiger partial charge in [-0.2, -0.15) is 28.6 Å². The molecule has 0 unspecified atom stereocenters. The van der Waals surface area contributed by atoms with Crippen LogP contribution in [0.2, 0.25) is 0 Å². The summed E-state index contributed by atoms with van der Waals surface area (Å²) in [6.07, 6.45) is 1.26.